The zero-order valence-corrected chi connectivity index (χ0v) is 18.0. The molecule has 1 saturated heterocycles. The monoisotopic (exact) mass is 349 g/mol. The predicted molar refractivity (Wildman–Crippen MR) is 108 cm³/mol. The van der Waals surface area contributed by atoms with E-state index in [-0.39, 0.29) is 5.02 Å². The molecule has 1 fully saturated rings. The summed E-state index contributed by atoms with van der Waals surface area (Å²) in [4.78, 5) is 0. The molecule has 0 spiro atoms. The minimum atomic E-state index is 0.151. The van der Waals surface area contributed by atoms with Crippen molar-refractivity contribution >= 4 is 27.9 Å². The van der Waals surface area contributed by atoms with E-state index >= 15 is 0 Å². The lowest BCUT2D eigenvalue weighted by Crippen LogP contribution is -2.56. The lowest BCUT2D eigenvalue weighted by molar-refractivity contribution is 0.00671. The normalized spacial score (nSPS) is 25.1. The van der Waals surface area contributed by atoms with Crippen LogP contribution in [0.25, 0.3) is 0 Å². The summed E-state index contributed by atoms with van der Waals surface area (Å²) in [6.45, 7) is 8.22. The van der Waals surface area contributed by atoms with Crippen LogP contribution in [0.4, 0.5) is 0 Å². The van der Waals surface area contributed by atoms with E-state index in [0.29, 0.717) is 5.41 Å². The molecule has 0 aromatic rings. The molecule has 0 aromatic heterocycles. The maximum Gasteiger partial charge on any atom is 0.0576 e. The van der Waals surface area contributed by atoms with E-state index in [1.54, 1.807) is 0 Å². The van der Waals surface area contributed by atoms with Crippen molar-refractivity contribution in [3.63, 3.8) is 0 Å². The van der Waals surface area contributed by atoms with Crippen molar-refractivity contribution in [3.05, 3.63) is 0 Å². The number of piperidine rings is 1. The van der Waals surface area contributed by atoms with Gasteiger partial charge in [0.1, 0.15) is 0 Å². The molecule has 0 saturated carbocycles. The van der Waals surface area contributed by atoms with Crippen molar-refractivity contribution in [1.82, 2.24) is 4.67 Å². The second-order valence-corrected chi connectivity index (χ2v) is 10.1. The Morgan fingerprint density at radius 1 is 0.952 bits per heavy atom. The summed E-state index contributed by atoms with van der Waals surface area (Å²) in [6.07, 6.45) is 13.7. The summed E-state index contributed by atoms with van der Waals surface area (Å²) in [5, 5.41) is 0.151. The Morgan fingerprint density at radius 2 is 1.48 bits per heavy atom. The van der Waals surface area contributed by atoms with Gasteiger partial charge in [0.25, 0.3) is 0 Å². The van der Waals surface area contributed by atoms with E-state index in [9.17, 15) is 0 Å². The maximum absolute atomic E-state index is 3.22. The van der Waals surface area contributed by atoms with Crippen LogP contribution < -0.4 is 0 Å². The Kier molecular flexibility index (Phi) is 9.20. The Bertz CT molecular complexity index is 284. The smallest absolute Gasteiger partial charge is 0.0576 e. The first-order valence-electron chi connectivity index (χ1n) is 9.06. The summed E-state index contributed by atoms with van der Waals surface area (Å²) in [6, 6.07) is 0. The zero-order chi connectivity index (χ0) is 15.9. The maximum atomic E-state index is 3.22. The summed E-state index contributed by atoms with van der Waals surface area (Å²) >= 11 is 0. The van der Waals surface area contributed by atoms with Crippen LogP contribution >= 0.6 is 27.9 Å². The second kappa shape index (κ2) is 9.52. The molecule has 1 rings (SSSR count). The van der Waals surface area contributed by atoms with E-state index in [2.05, 4.69) is 53.3 Å². The summed E-state index contributed by atoms with van der Waals surface area (Å²) in [5.41, 5.74) is 0.448. The van der Waals surface area contributed by atoms with Gasteiger partial charge in [-0.15, -0.1) is 18.5 Å². The largest absolute Gasteiger partial charge is 0.274 e. The quantitative estimate of drug-likeness (QED) is 0.457. The van der Waals surface area contributed by atoms with Gasteiger partial charge in [-0.1, -0.05) is 68.7 Å². The van der Waals surface area contributed by atoms with E-state index in [1.165, 1.54) is 70.8 Å². The van der Waals surface area contributed by atoms with E-state index in [0.717, 1.165) is 5.92 Å². The minimum Gasteiger partial charge on any atom is -0.274 e. The fraction of sp³-hybridized carbons (Fsp3) is 1.00. The van der Waals surface area contributed by atoms with Crippen molar-refractivity contribution in [2.24, 2.45) is 11.3 Å². The molecule has 1 heterocycles. The standard InChI is InChI=1S/C17H38NP3/c1-4-7-10-15-11-14-18(21)17(19,20)16(15,12-8-5-2)13-9-6-3/h15H,4-14,19-21H2,1-3H3. The third-order valence-corrected chi connectivity index (χ3v) is 8.73. The van der Waals surface area contributed by atoms with Gasteiger partial charge in [-0.25, -0.2) is 0 Å². The molecule has 0 aromatic carbocycles. The minimum absolute atomic E-state index is 0.151. The third-order valence-electron chi connectivity index (χ3n) is 5.63. The molecular weight excluding hydrogens is 311 g/mol. The van der Waals surface area contributed by atoms with Crippen LogP contribution in [0.3, 0.4) is 0 Å². The summed E-state index contributed by atoms with van der Waals surface area (Å²) in [5.74, 6) is 0.891. The lowest BCUT2D eigenvalue weighted by Gasteiger charge is -2.59. The number of unbranched alkanes of at least 4 members (excludes halogenated alkanes) is 3. The highest BCUT2D eigenvalue weighted by atomic mass is 31.1. The highest BCUT2D eigenvalue weighted by molar-refractivity contribution is 7.41. The molecule has 0 bridgehead atoms. The first-order chi connectivity index (χ1) is 9.96. The Morgan fingerprint density at radius 3 is 1.95 bits per heavy atom. The topological polar surface area (TPSA) is 3.24 Å². The molecule has 1 aliphatic rings. The SMILES string of the molecule is CCCCC1CCN(P)C(P)(P)C1(CCCC)CCCC. The van der Waals surface area contributed by atoms with Crippen LogP contribution in [-0.4, -0.2) is 16.2 Å². The number of hydrogen-bond acceptors (Lipinski definition) is 1. The fourth-order valence-electron chi connectivity index (χ4n) is 4.16. The molecule has 4 heteroatoms. The first kappa shape index (κ1) is 20.3. The van der Waals surface area contributed by atoms with Gasteiger partial charge in [0.2, 0.25) is 0 Å². The third kappa shape index (κ3) is 4.63. The van der Waals surface area contributed by atoms with Crippen LogP contribution in [0.5, 0.6) is 0 Å². The summed E-state index contributed by atoms with van der Waals surface area (Å²) in [7, 11) is 9.44. The average molecular weight is 349 g/mol. The first-order valence-corrected chi connectivity index (χ1v) is 10.7. The molecule has 4 atom stereocenters. The molecule has 0 aliphatic carbocycles. The number of nitrogens with zero attached hydrogens (tertiary/aromatic N) is 1. The van der Waals surface area contributed by atoms with Gasteiger partial charge in [-0.2, -0.15) is 0 Å². The van der Waals surface area contributed by atoms with Crippen LogP contribution in [0.2, 0.25) is 0 Å². The molecule has 1 aliphatic heterocycles. The van der Waals surface area contributed by atoms with Gasteiger partial charge in [0.15, 0.2) is 0 Å². The number of hydrogen-bond donors (Lipinski definition) is 0. The van der Waals surface area contributed by atoms with Crippen molar-refractivity contribution in [2.45, 2.75) is 90.0 Å². The van der Waals surface area contributed by atoms with Crippen LogP contribution in [0.1, 0.15) is 85.0 Å². The van der Waals surface area contributed by atoms with Crippen LogP contribution in [0.15, 0.2) is 0 Å². The van der Waals surface area contributed by atoms with E-state index in [1.807, 2.05) is 0 Å². The van der Waals surface area contributed by atoms with E-state index < -0.39 is 0 Å². The zero-order valence-electron chi connectivity index (χ0n) is 14.5. The second-order valence-electron chi connectivity index (χ2n) is 7.01. The Labute approximate surface area is 140 Å². The molecular formula is C17H38NP3. The number of rotatable bonds is 9. The van der Waals surface area contributed by atoms with Crippen LogP contribution in [-0.2, 0) is 0 Å². The average Bonchev–Trinajstić information content (AvgIpc) is 2.46. The van der Waals surface area contributed by atoms with Gasteiger partial charge in [0, 0.05) is 6.54 Å². The van der Waals surface area contributed by atoms with Gasteiger partial charge < -0.3 is 0 Å². The molecule has 0 N–H and O–H groups in total. The van der Waals surface area contributed by atoms with Crippen molar-refractivity contribution < 1.29 is 0 Å². The van der Waals surface area contributed by atoms with Gasteiger partial charge in [-0.3, -0.25) is 4.67 Å². The van der Waals surface area contributed by atoms with E-state index in [4.69, 9.17) is 0 Å². The van der Waals surface area contributed by atoms with Crippen molar-refractivity contribution in [3.8, 4) is 0 Å². The van der Waals surface area contributed by atoms with Gasteiger partial charge >= 0.3 is 0 Å². The van der Waals surface area contributed by atoms with Crippen molar-refractivity contribution in [2.75, 3.05) is 6.54 Å². The van der Waals surface area contributed by atoms with Crippen molar-refractivity contribution in [1.29, 1.82) is 0 Å². The van der Waals surface area contributed by atoms with Crippen LogP contribution in [0, 0.1) is 11.3 Å². The lowest BCUT2D eigenvalue weighted by atomic mass is 9.63. The highest BCUT2D eigenvalue weighted by Crippen LogP contribution is 2.62. The van der Waals surface area contributed by atoms with Gasteiger partial charge in [-0.05, 0) is 37.0 Å². The molecule has 4 unspecified atom stereocenters. The highest BCUT2D eigenvalue weighted by Gasteiger charge is 2.53. The molecule has 126 valence electrons. The predicted octanol–water partition coefficient (Wildman–Crippen LogP) is 6.06. The summed E-state index contributed by atoms with van der Waals surface area (Å²) < 4.78 is 2.51. The van der Waals surface area contributed by atoms with Gasteiger partial charge in [0.05, 0.1) is 5.02 Å². The Balaban J connectivity index is 3.07. The fourth-order valence-corrected chi connectivity index (χ4v) is 5.87. The Hall–Kier alpha value is 1.25. The molecule has 0 radical (unpaired) electrons. The molecule has 0 amide bonds. The molecule has 21 heavy (non-hydrogen) atoms. The molecule has 1 nitrogen and oxygen atoms in total.